The Kier molecular flexibility index (Phi) is 5.17. The lowest BCUT2D eigenvalue weighted by Crippen LogP contribution is -2.50. The monoisotopic (exact) mass is 369 g/mol. The average molecular weight is 369 g/mol. The number of hydrogen-bond donors (Lipinski definition) is 1. The Hall–Kier alpha value is -2.55. The van der Waals surface area contributed by atoms with Crippen LogP contribution in [-0.4, -0.2) is 34.9 Å². The number of Topliss-reactive ketones (excluding diaryl/α,β-unsaturated/α-hetero) is 1. The maximum Gasteiger partial charge on any atom is 0.451 e. The number of ether oxygens (including phenoxy) is 1. The van der Waals surface area contributed by atoms with Crippen molar-refractivity contribution in [2.75, 3.05) is 13.1 Å². The Morgan fingerprint density at radius 1 is 1.23 bits per heavy atom. The van der Waals surface area contributed by atoms with E-state index in [-0.39, 0.29) is 30.3 Å². The van der Waals surface area contributed by atoms with Crippen LogP contribution < -0.4 is 10.1 Å². The SMILES string of the molecule is O=C(CCc1ccc(OC2CNC2)c(F)c1)c1cnc(C(F)(F)F)nc1. The number of halogens is 4. The van der Waals surface area contributed by atoms with Crippen molar-refractivity contribution in [3.63, 3.8) is 0 Å². The molecule has 2 heterocycles. The largest absolute Gasteiger partial charge is 0.485 e. The highest BCUT2D eigenvalue weighted by molar-refractivity contribution is 5.95. The van der Waals surface area contributed by atoms with Crippen LogP contribution in [0.3, 0.4) is 0 Å². The number of nitrogens with one attached hydrogen (secondary N) is 1. The van der Waals surface area contributed by atoms with Crippen molar-refractivity contribution in [3.05, 3.63) is 53.4 Å². The molecule has 0 unspecified atom stereocenters. The first-order chi connectivity index (χ1) is 12.3. The van der Waals surface area contributed by atoms with E-state index >= 15 is 0 Å². The standard InChI is InChI=1S/C17H15F4N3O2/c18-13-5-10(2-4-15(13)26-12-8-22-9-12)1-3-14(25)11-6-23-16(24-7-11)17(19,20)21/h2,4-7,12,22H,1,3,8-9H2. The molecule has 0 amide bonds. The number of hydrogen-bond acceptors (Lipinski definition) is 5. The third-order valence-electron chi connectivity index (χ3n) is 3.90. The van der Waals surface area contributed by atoms with Crippen molar-refractivity contribution in [2.24, 2.45) is 0 Å². The first kappa shape index (κ1) is 18.2. The van der Waals surface area contributed by atoms with Gasteiger partial charge in [0.05, 0.1) is 5.56 Å². The molecule has 1 N–H and O–H groups in total. The minimum Gasteiger partial charge on any atom is -0.485 e. The van der Waals surface area contributed by atoms with E-state index in [0.717, 1.165) is 12.4 Å². The van der Waals surface area contributed by atoms with E-state index in [2.05, 4.69) is 15.3 Å². The lowest BCUT2D eigenvalue weighted by Gasteiger charge is -2.28. The Balaban J connectivity index is 1.57. The van der Waals surface area contributed by atoms with Gasteiger partial charge in [-0.25, -0.2) is 14.4 Å². The van der Waals surface area contributed by atoms with Crippen molar-refractivity contribution in [1.29, 1.82) is 0 Å². The molecule has 1 aliphatic heterocycles. The van der Waals surface area contributed by atoms with E-state index in [9.17, 15) is 22.4 Å². The fourth-order valence-electron chi connectivity index (χ4n) is 2.34. The molecule has 138 valence electrons. The molecule has 1 aromatic carbocycles. The number of aromatic nitrogens is 2. The molecule has 1 fully saturated rings. The maximum atomic E-state index is 14.0. The lowest BCUT2D eigenvalue weighted by molar-refractivity contribution is -0.145. The van der Waals surface area contributed by atoms with Crippen LogP contribution in [0.4, 0.5) is 17.6 Å². The van der Waals surface area contributed by atoms with Crippen molar-refractivity contribution in [2.45, 2.75) is 25.1 Å². The van der Waals surface area contributed by atoms with E-state index < -0.39 is 23.6 Å². The van der Waals surface area contributed by atoms with Gasteiger partial charge in [-0.3, -0.25) is 4.79 Å². The van der Waals surface area contributed by atoms with Gasteiger partial charge in [0.15, 0.2) is 17.3 Å². The maximum absolute atomic E-state index is 14.0. The average Bonchev–Trinajstić information content (AvgIpc) is 2.56. The Morgan fingerprint density at radius 2 is 1.92 bits per heavy atom. The van der Waals surface area contributed by atoms with Crippen molar-refractivity contribution in [3.8, 4) is 5.75 Å². The van der Waals surface area contributed by atoms with Crippen molar-refractivity contribution in [1.82, 2.24) is 15.3 Å². The predicted octanol–water partition coefficient (Wildman–Crippen LogP) is 2.80. The van der Waals surface area contributed by atoms with E-state index in [4.69, 9.17) is 4.74 Å². The summed E-state index contributed by atoms with van der Waals surface area (Å²) in [6.45, 7) is 1.34. The molecule has 1 saturated heterocycles. The smallest absolute Gasteiger partial charge is 0.451 e. The summed E-state index contributed by atoms with van der Waals surface area (Å²) in [6, 6.07) is 4.45. The minimum atomic E-state index is -4.65. The topological polar surface area (TPSA) is 64.1 Å². The summed E-state index contributed by atoms with van der Waals surface area (Å²) in [4.78, 5) is 18.3. The third kappa shape index (κ3) is 4.34. The summed E-state index contributed by atoms with van der Waals surface area (Å²) in [5.41, 5.74) is 0.568. The highest BCUT2D eigenvalue weighted by Crippen LogP contribution is 2.25. The first-order valence-corrected chi connectivity index (χ1v) is 7.91. The van der Waals surface area contributed by atoms with Gasteiger partial charge in [-0.15, -0.1) is 0 Å². The van der Waals surface area contributed by atoms with E-state index in [0.29, 0.717) is 18.7 Å². The molecular weight excluding hydrogens is 354 g/mol. The predicted molar refractivity (Wildman–Crippen MR) is 83.4 cm³/mol. The van der Waals surface area contributed by atoms with Gasteiger partial charge in [0.25, 0.3) is 0 Å². The molecule has 1 aromatic heterocycles. The van der Waals surface area contributed by atoms with Crippen LogP contribution in [0.2, 0.25) is 0 Å². The van der Waals surface area contributed by atoms with Crippen molar-refractivity contribution < 1.29 is 27.1 Å². The van der Waals surface area contributed by atoms with Crippen LogP contribution in [0.1, 0.15) is 28.2 Å². The second kappa shape index (κ2) is 7.36. The number of alkyl halides is 3. The third-order valence-corrected chi connectivity index (χ3v) is 3.90. The van der Waals surface area contributed by atoms with Crippen LogP contribution in [0.5, 0.6) is 5.75 Å². The molecule has 0 radical (unpaired) electrons. The number of benzene rings is 1. The zero-order valence-corrected chi connectivity index (χ0v) is 13.5. The second-order valence-corrected chi connectivity index (χ2v) is 5.88. The zero-order valence-electron chi connectivity index (χ0n) is 13.5. The van der Waals surface area contributed by atoms with E-state index in [1.54, 1.807) is 6.07 Å². The number of aryl methyl sites for hydroxylation is 1. The van der Waals surface area contributed by atoms with Gasteiger partial charge in [0, 0.05) is 31.9 Å². The minimum absolute atomic E-state index is 0.000906. The van der Waals surface area contributed by atoms with Gasteiger partial charge in [0.2, 0.25) is 5.82 Å². The summed E-state index contributed by atoms with van der Waals surface area (Å²) in [6.07, 6.45) is -2.76. The van der Waals surface area contributed by atoms with Gasteiger partial charge in [0.1, 0.15) is 6.10 Å². The van der Waals surface area contributed by atoms with Crippen molar-refractivity contribution >= 4 is 5.78 Å². The molecule has 0 bridgehead atoms. The molecule has 0 spiro atoms. The summed E-state index contributed by atoms with van der Waals surface area (Å²) in [5, 5.41) is 3.01. The van der Waals surface area contributed by atoms with Crippen LogP contribution in [0, 0.1) is 5.82 Å². The Bertz CT molecular complexity index is 790. The molecule has 0 saturated carbocycles. The Labute approximate surface area is 146 Å². The number of ketones is 1. The zero-order chi connectivity index (χ0) is 18.7. The van der Waals surface area contributed by atoms with Gasteiger partial charge in [-0.2, -0.15) is 13.2 Å². The first-order valence-electron chi connectivity index (χ1n) is 7.91. The Morgan fingerprint density at radius 3 is 2.46 bits per heavy atom. The molecule has 3 rings (SSSR count). The summed E-state index contributed by atoms with van der Waals surface area (Å²) >= 11 is 0. The van der Waals surface area contributed by atoms with Gasteiger partial charge in [-0.1, -0.05) is 6.07 Å². The molecular formula is C17H15F4N3O2. The number of carbonyl (C=O) groups is 1. The van der Waals surface area contributed by atoms with Crippen LogP contribution in [0.25, 0.3) is 0 Å². The summed E-state index contributed by atoms with van der Waals surface area (Å²) in [5.74, 6) is -2.07. The molecule has 9 heteroatoms. The lowest BCUT2D eigenvalue weighted by atomic mass is 10.0. The van der Waals surface area contributed by atoms with Crippen LogP contribution >= 0.6 is 0 Å². The molecule has 1 aliphatic rings. The fourth-order valence-corrected chi connectivity index (χ4v) is 2.34. The fraction of sp³-hybridized carbons (Fsp3) is 0.353. The quantitative estimate of drug-likeness (QED) is 0.627. The highest BCUT2D eigenvalue weighted by Gasteiger charge is 2.34. The molecule has 2 aromatic rings. The molecule has 26 heavy (non-hydrogen) atoms. The summed E-state index contributed by atoms with van der Waals surface area (Å²) < 4.78 is 56.7. The second-order valence-electron chi connectivity index (χ2n) is 5.88. The summed E-state index contributed by atoms with van der Waals surface area (Å²) in [7, 11) is 0. The number of carbonyl (C=O) groups excluding carboxylic acids is 1. The van der Waals surface area contributed by atoms with Gasteiger partial charge in [-0.05, 0) is 24.1 Å². The number of nitrogens with zero attached hydrogens (tertiary/aromatic N) is 2. The number of rotatable bonds is 6. The normalized spacial score (nSPS) is 14.8. The van der Waals surface area contributed by atoms with Gasteiger partial charge >= 0.3 is 6.18 Å². The highest BCUT2D eigenvalue weighted by atomic mass is 19.4. The van der Waals surface area contributed by atoms with E-state index in [1.807, 2.05) is 0 Å². The van der Waals surface area contributed by atoms with Crippen LogP contribution in [0.15, 0.2) is 30.6 Å². The van der Waals surface area contributed by atoms with Crippen LogP contribution in [-0.2, 0) is 12.6 Å². The molecule has 0 aliphatic carbocycles. The van der Waals surface area contributed by atoms with Gasteiger partial charge < -0.3 is 10.1 Å². The molecule has 5 nitrogen and oxygen atoms in total. The molecule has 0 atom stereocenters. The van der Waals surface area contributed by atoms with E-state index in [1.165, 1.54) is 12.1 Å².